The van der Waals surface area contributed by atoms with Crippen molar-refractivity contribution in [1.29, 1.82) is 0 Å². The number of likely N-dealkylation sites (tertiary alicyclic amines) is 2. The van der Waals surface area contributed by atoms with Crippen LogP contribution in [0.5, 0.6) is 0 Å². The molecule has 2 aliphatic heterocycles. The standard InChI is InChI=1S/C17H21ClN2O4/c18-14-5-4-13(24-14)8-19-6-12-7-20(15(21)11-2-1-3-11)10-17(12,9-19)16(22)23/h4-5,11-12H,1-3,6-10H2,(H,22,23)/t12-,17-/m0/s1. The quantitative estimate of drug-likeness (QED) is 0.898. The Labute approximate surface area is 145 Å². The average Bonchev–Trinajstić information content (AvgIpc) is 3.09. The maximum Gasteiger partial charge on any atom is 0.313 e. The number of carboxylic acid groups (broad SMARTS) is 1. The molecular weight excluding hydrogens is 332 g/mol. The fourth-order valence-corrected chi connectivity index (χ4v) is 4.49. The molecule has 0 bridgehead atoms. The van der Waals surface area contributed by atoms with Gasteiger partial charge in [0.1, 0.15) is 11.2 Å². The highest BCUT2D eigenvalue weighted by atomic mass is 35.5. The van der Waals surface area contributed by atoms with Crippen LogP contribution in [-0.4, -0.2) is 53.0 Å². The van der Waals surface area contributed by atoms with E-state index in [2.05, 4.69) is 4.90 Å². The molecule has 0 unspecified atom stereocenters. The molecule has 2 saturated heterocycles. The van der Waals surface area contributed by atoms with Crippen molar-refractivity contribution in [3.8, 4) is 0 Å². The summed E-state index contributed by atoms with van der Waals surface area (Å²) in [5.74, 6) is 0.195. The summed E-state index contributed by atoms with van der Waals surface area (Å²) in [6, 6.07) is 3.51. The van der Waals surface area contributed by atoms with Gasteiger partial charge in [-0.05, 0) is 36.6 Å². The molecule has 1 N–H and O–H groups in total. The number of fused-ring (bicyclic) bond motifs is 1. The number of rotatable bonds is 4. The van der Waals surface area contributed by atoms with E-state index in [0.717, 1.165) is 25.0 Å². The largest absolute Gasteiger partial charge is 0.481 e. The SMILES string of the molecule is O=C(C1CCC1)N1C[C@@H]2CN(Cc3ccc(Cl)o3)C[C@]2(C(=O)O)C1. The summed E-state index contributed by atoms with van der Waals surface area (Å²) in [7, 11) is 0. The van der Waals surface area contributed by atoms with Crippen LogP contribution in [0.2, 0.25) is 5.22 Å². The second-order valence-electron chi connectivity index (χ2n) is 7.38. The topological polar surface area (TPSA) is 74.0 Å². The second kappa shape index (κ2) is 5.77. The second-order valence-corrected chi connectivity index (χ2v) is 7.75. The first kappa shape index (κ1) is 16.0. The predicted octanol–water partition coefficient (Wildman–Crippen LogP) is 2.08. The smallest absolute Gasteiger partial charge is 0.313 e. The molecule has 0 spiro atoms. The lowest BCUT2D eigenvalue weighted by Gasteiger charge is -2.31. The van der Waals surface area contributed by atoms with Gasteiger partial charge in [0.05, 0.1) is 6.54 Å². The summed E-state index contributed by atoms with van der Waals surface area (Å²) in [6.07, 6.45) is 3.01. The molecule has 3 heterocycles. The van der Waals surface area contributed by atoms with Crippen molar-refractivity contribution < 1.29 is 19.1 Å². The number of aliphatic carboxylic acids is 1. The van der Waals surface area contributed by atoms with Crippen molar-refractivity contribution in [2.75, 3.05) is 26.2 Å². The van der Waals surface area contributed by atoms with Gasteiger partial charge in [0.25, 0.3) is 0 Å². The van der Waals surface area contributed by atoms with Crippen LogP contribution >= 0.6 is 11.6 Å². The third-order valence-corrected chi connectivity index (χ3v) is 6.08. The van der Waals surface area contributed by atoms with E-state index in [-0.39, 0.29) is 17.7 Å². The average molecular weight is 353 g/mol. The van der Waals surface area contributed by atoms with Crippen LogP contribution in [0.25, 0.3) is 0 Å². The molecule has 4 rings (SSSR count). The van der Waals surface area contributed by atoms with Gasteiger partial charge in [-0.2, -0.15) is 0 Å². The molecule has 6 nitrogen and oxygen atoms in total. The molecule has 1 aromatic heterocycles. The predicted molar refractivity (Wildman–Crippen MR) is 86.5 cm³/mol. The summed E-state index contributed by atoms with van der Waals surface area (Å²) in [5.41, 5.74) is -0.851. The van der Waals surface area contributed by atoms with Crippen molar-refractivity contribution in [2.45, 2.75) is 25.8 Å². The molecule has 1 aromatic rings. The van der Waals surface area contributed by atoms with E-state index in [1.54, 1.807) is 11.0 Å². The number of amides is 1. The Morgan fingerprint density at radius 3 is 2.62 bits per heavy atom. The first-order valence-corrected chi connectivity index (χ1v) is 8.84. The number of nitrogens with zero attached hydrogens (tertiary/aromatic N) is 2. The van der Waals surface area contributed by atoms with Gasteiger partial charge in [0.15, 0.2) is 5.22 Å². The molecule has 3 fully saturated rings. The number of hydrogen-bond donors (Lipinski definition) is 1. The molecule has 7 heteroatoms. The first-order chi connectivity index (χ1) is 11.5. The Bertz CT molecular complexity index is 671. The highest BCUT2D eigenvalue weighted by Gasteiger charge is 2.58. The number of halogens is 1. The molecule has 0 aromatic carbocycles. The molecule has 3 aliphatic rings. The molecule has 24 heavy (non-hydrogen) atoms. The Hall–Kier alpha value is -1.53. The Morgan fingerprint density at radius 2 is 2.08 bits per heavy atom. The fourth-order valence-electron chi connectivity index (χ4n) is 4.33. The van der Waals surface area contributed by atoms with Crippen molar-refractivity contribution in [3.63, 3.8) is 0 Å². The van der Waals surface area contributed by atoms with Crippen LogP contribution < -0.4 is 0 Å². The summed E-state index contributed by atoms with van der Waals surface area (Å²) < 4.78 is 5.39. The van der Waals surface area contributed by atoms with Crippen molar-refractivity contribution >= 4 is 23.5 Å². The third-order valence-electron chi connectivity index (χ3n) is 5.88. The van der Waals surface area contributed by atoms with Crippen LogP contribution in [-0.2, 0) is 16.1 Å². The molecule has 0 radical (unpaired) electrons. The highest BCUT2D eigenvalue weighted by molar-refractivity contribution is 6.28. The summed E-state index contributed by atoms with van der Waals surface area (Å²) in [6.45, 7) is 2.54. The molecule has 1 amide bonds. The third kappa shape index (κ3) is 2.52. The van der Waals surface area contributed by atoms with Crippen LogP contribution in [0.1, 0.15) is 25.0 Å². The van der Waals surface area contributed by atoms with Crippen molar-refractivity contribution in [1.82, 2.24) is 9.80 Å². The van der Waals surface area contributed by atoms with Gasteiger partial charge in [0, 0.05) is 38.0 Å². The minimum atomic E-state index is -0.851. The van der Waals surface area contributed by atoms with E-state index in [1.165, 1.54) is 0 Å². The number of carboxylic acids is 1. The molecule has 2 atom stereocenters. The van der Waals surface area contributed by atoms with E-state index in [0.29, 0.717) is 37.9 Å². The Balaban J connectivity index is 1.46. The number of furan rings is 1. The number of carbonyl (C=O) groups is 2. The minimum absolute atomic E-state index is 0.0236. The lowest BCUT2D eigenvalue weighted by molar-refractivity contribution is -0.149. The monoisotopic (exact) mass is 352 g/mol. The molecule has 130 valence electrons. The lowest BCUT2D eigenvalue weighted by atomic mass is 9.81. The number of hydrogen-bond acceptors (Lipinski definition) is 4. The van der Waals surface area contributed by atoms with Gasteiger partial charge >= 0.3 is 5.97 Å². The van der Waals surface area contributed by atoms with Gasteiger partial charge in [-0.15, -0.1) is 0 Å². The van der Waals surface area contributed by atoms with Crippen LogP contribution in [0, 0.1) is 17.3 Å². The zero-order chi connectivity index (χ0) is 16.9. The molecule has 1 aliphatic carbocycles. The van der Waals surface area contributed by atoms with E-state index in [4.69, 9.17) is 16.0 Å². The van der Waals surface area contributed by atoms with E-state index >= 15 is 0 Å². The summed E-state index contributed by atoms with van der Waals surface area (Å²) in [5, 5.41) is 10.2. The van der Waals surface area contributed by atoms with Crippen LogP contribution in [0.15, 0.2) is 16.5 Å². The summed E-state index contributed by atoms with van der Waals surface area (Å²) >= 11 is 5.80. The first-order valence-electron chi connectivity index (χ1n) is 8.47. The van der Waals surface area contributed by atoms with Gasteiger partial charge < -0.3 is 14.4 Å². The molecular formula is C17H21ClN2O4. The minimum Gasteiger partial charge on any atom is -0.481 e. The zero-order valence-corrected chi connectivity index (χ0v) is 14.2. The van der Waals surface area contributed by atoms with Crippen LogP contribution in [0.3, 0.4) is 0 Å². The molecule has 1 saturated carbocycles. The van der Waals surface area contributed by atoms with Gasteiger partial charge in [-0.25, -0.2) is 0 Å². The summed E-state index contributed by atoms with van der Waals surface area (Å²) in [4.78, 5) is 28.4. The van der Waals surface area contributed by atoms with E-state index < -0.39 is 11.4 Å². The normalized spacial score (nSPS) is 30.4. The van der Waals surface area contributed by atoms with Gasteiger partial charge in [-0.3, -0.25) is 14.5 Å². The van der Waals surface area contributed by atoms with E-state index in [9.17, 15) is 14.7 Å². The van der Waals surface area contributed by atoms with Gasteiger partial charge in [0.2, 0.25) is 5.91 Å². The maximum atomic E-state index is 12.5. The Morgan fingerprint density at radius 1 is 1.29 bits per heavy atom. The van der Waals surface area contributed by atoms with Crippen molar-refractivity contribution in [2.24, 2.45) is 17.3 Å². The maximum absolute atomic E-state index is 12.5. The van der Waals surface area contributed by atoms with Crippen molar-refractivity contribution in [3.05, 3.63) is 23.1 Å². The number of carbonyl (C=O) groups excluding carboxylic acids is 1. The lowest BCUT2D eigenvalue weighted by Crippen LogP contribution is -2.44. The van der Waals surface area contributed by atoms with Crippen LogP contribution in [0.4, 0.5) is 0 Å². The fraction of sp³-hybridized carbons (Fsp3) is 0.647. The van der Waals surface area contributed by atoms with E-state index in [1.807, 2.05) is 6.07 Å². The van der Waals surface area contributed by atoms with Gasteiger partial charge in [-0.1, -0.05) is 6.42 Å². The highest BCUT2D eigenvalue weighted by Crippen LogP contribution is 2.44. The Kier molecular flexibility index (Phi) is 3.84. The zero-order valence-electron chi connectivity index (χ0n) is 13.4.